The van der Waals surface area contributed by atoms with Crippen molar-refractivity contribution in [1.29, 1.82) is 0 Å². The molecule has 2 amide bonds. The van der Waals surface area contributed by atoms with Crippen LogP contribution in [-0.4, -0.2) is 29.4 Å². The van der Waals surface area contributed by atoms with Crippen LogP contribution in [0, 0.1) is 0 Å². The highest BCUT2D eigenvalue weighted by atomic mass is 79.9. The van der Waals surface area contributed by atoms with Gasteiger partial charge in [0.25, 0.3) is 11.8 Å². The molecular formula is C36H39BrNO2P. The Balaban J connectivity index is 0.00000387. The van der Waals surface area contributed by atoms with Crippen molar-refractivity contribution in [2.75, 3.05) is 12.7 Å². The van der Waals surface area contributed by atoms with E-state index in [1.165, 1.54) is 59.1 Å². The van der Waals surface area contributed by atoms with Gasteiger partial charge in [-0.15, -0.1) is 0 Å². The monoisotopic (exact) mass is 627 g/mol. The van der Waals surface area contributed by atoms with E-state index >= 15 is 0 Å². The van der Waals surface area contributed by atoms with Gasteiger partial charge in [-0.25, -0.2) is 0 Å². The summed E-state index contributed by atoms with van der Waals surface area (Å²) in [5, 5.41) is 4.39. The SMILES string of the molecule is O=C1c2ccccc2C(=O)N1CCCCCCCCCC[P+](c1ccccc1)(c1ccccc1)c1ccccc1.[Br-]. The minimum Gasteiger partial charge on any atom is -1.00 e. The molecule has 4 aromatic rings. The lowest BCUT2D eigenvalue weighted by atomic mass is 10.1. The summed E-state index contributed by atoms with van der Waals surface area (Å²) in [6, 6.07) is 40.6. The maximum Gasteiger partial charge on any atom is 0.261 e. The molecule has 0 atom stereocenters. The zero-order chi connectivity index (χ0) is 27.6. The van der Waals surface area contributed by atoms with Crippen molar-refractivity contribution in [3.63, 3.8) is 0 Å². The number of imide groups is 1. The Hall–Kier alpha value is -3.07. The normalized spacial score (nSPS) is 12.7. The number of fused-ring (bicyclic) bond motifs is 1. The number of hydrogen-bond donors (Lipinski definition) is 0. The van der Waals surface area contributed by atoms with Gasteiger partial charge in [-0.2, -0.15) is 0 Å². The summed E-state index contributed by atoms with van der Waals surface area (Å²) in [4.78, 5) is 26.5. The van der Waals surface area contributed by atoms with Crippen molar-refractivity contribution in [2.45, 2.75) is 51.4 Å². The van der Waals surface area contributed by atoms with Crippen LogP contribution in [0.4, 0.5) is 0 Å². The number of halogens is 1. The molecule has 1 aliphatic heterocycles. The molecule has 0 unspecified atom stereocenters. The Kier molecular flexibility index (Phi) is 11.5. The second-order valence-electron chi connectivity index (χ2n) is 10.7. The Morgan fingerprint density at radius 3 is 1.20 bits per heavy atom. The first-order valence-electron chi connectivity index (χ1n) is 14.7. The van der Waals surface area contributed by atoms with Crippen LogP contribution in [0.3, 0.4) is 0 Å². The molecular weight excluding hydrogens is 589 g/mol. The average molecular weight is 629 g/mol. The van der Waals surface area contributed by atoms with Gasteiger partial charge in [0.2, 0.25) is 0 Å². The molecule has 3 nitrogen and oxygen atoms in total. The highest BCUT2D eigenvalue weighted by Gasteiger charge is 2.44. The standard InChI is InChI=1S/C36H39NO2P.BrH/c38-35-33-26-16-17-27-34(33)36(39)37(35)28-18-5-3-1-2-4-6-19-29-40(30-20-10-7-11-21-30,31-22-12-8-13-23-31)32-24-14-9-15-25-32;/h7-17,20-27H,1-6,18-19,28-29H2;1H/q+1;/p-1. The number of hydrogen-bond acceptors (Lipinski definition) is 2. The molecule has 5 heteroatoms. The van der Waals surface area contributed by atoms with Gasteiger partial charge >= 0.3 is 0 Å². The third-order valence-corrected chi connectivity index (χ3v) is 12.6. The van der Waals surface area contributed by atoms with Crippen LogP contribution in [0.2, 0.25) is 0 Å². The van der Waals surface area contributed by atoms with Crippen molar-refractivity contribution in [2.24, 2.45) is 0 Å². The first-order chi connectivity index (χ1) is 19.7. The van der Waals surface area contributed by atoms with Crippen LogP contribution in [-0.2, 0) is 0 Å². The van der Waals surface area contributed by atoms with E-state index < -0.39 is 7.26 Å². The van der Waals surface area contributed by atoms with E-state index in [4.69, 9.17) is 0 Å². The highest BCUT2D eigenvalue weighted by Crippen LogP contribution is 2.56. The summed E-state index contributed by atoms with van der Waals surface area (Å²) in [7, 11) is -1.73. The van der Waals surface area contributed by atoms with Gasteiger partial charge < -0.3 is 17.0 Å². The molecule has 0 N–H and O–H groups in total. The molecule has 0 radical (unpaired) electrons. The Morgan fingerprint density at radius 2 is 0.780 bits per heavy atom. The number of carbonyl (C=O) groups is 2. The predicted octanol–water partition coefficient (Wildman–Crippen LogP) is 4.40. The zero-order valence-electron chi connectivity index (χ0n) is 23.6. The maximum absolute atomic E-state index is 12.5. The van der Waals surface area contributed by atoms with Gasteiger partial charge in [0.1, 0.15) is 23.2 Å². The fourth-order valence-electron chi connectivity index (χ4n) is 6.00. The number of carbonyl (C=O) groups excluding carboxylic acids is 2. The number of unbranched alkanes of at least 4 members (excludes halogenated alkanes) is 7. The molecule has 0 saturated carbocycles. The number of benzene rings is 4. The van der Waals surface area contributed by atoms with Gasteiger partial charge in [0, 0.05) is 6.54 Å². The van der Waals surface area contributed by atoms with E-state index in [0.29, 0.717) is 17.7 Å². The van der Waals surface area contributed by atoms with Gasteiger partial charge in [-0.1, -0.05) is 98.8 Å². The van der Waals surface area contributed by atoms with Crippen LogP contribution in [0.15, 0.2) is 115 Å². The summed E-state index contributed by atoms with van der Waals surface area (Å²) in [5.41, 5.74) is 1.09. The molecule has 41 heavy (non-hydrogen) atoms. The van der Waals surface area contributed by atoms with Crippen LogP contribution in [0.5, 0.6) is 0 Å². The molecule has 0 saturated heterocycles. The molecule has 212 valence electrons. The van der Waals surface area contributed by atoms with E-state index in [9.17, 15) is 9.59 Å². The molecule has 0 bridgehead atoms. The number of rotatable bonds is 14. The summed E-state index contributed by atoms with van der Waals surface area (Å²) in [6.07, 6.45) is 10.4. The minimum absolute atomic E-state index is 0. The van der Waals surface area contributed by atoms with Gasteiger partial charge in [-0.05, 0) is 67.8 Å². The van der Waals surface area contributed by atoms with Crippen molar-refractivity contribution >= 4 is 35.0 Å². The topological polar surface area (TPSA) is 37.4 Å². The fraction of sp³-hybridized carbons (Fsp3) is 0.278. The summed E-state index contributed by atoms with van der Waals surface area (Å²) in [5.74, 6) is -0.276. The quantitative estimate of drug-likeness (QED) is 0.118. The maximum atomic E-state index is 12.5. The van der Waals surface area contributed by atoms with Crippen molar-refractivity contribution in [3.8, 4) is 0 Å². The molecule has 0 spiro atoms. The molecule has 1 heterocycles. The highest BCUT2D eigenvalue weighted by molar-refractivity contribution is 7.95. The van der Waals surface area contributed by atoms with Gasteiger partial charge in [-0.3, -0.25) is 14.5 Å². The second kappa shape index (κ2) is 15.2. The third kappa shape index (κ3) is 7.05. The molecule has 1 aliphatic rings. The van der Waals surface area contributed by atoms with Crippen molar-refractivity contribution in [3.05, 3.63) is 126 Å². The first kappa shape index (κ1) is 30.9. The predicted molar refractivity (Wildman–Crippen MR) is 169 cm³/mol. The van der Waals surface area contributed by atoms with E-state index in [-0.39, 0.29) is 28.8 Å². The summed E-state index contributed by atoms with van der Waals surface area (Å²) >= 11 is 0. The molecule has 0 aliphatic carbocycles. The van der Waals surface area contributed by atoms with E-state index in [1.807, 2.05) is 12.1 Å². The van der Waals surface area contributed by atoms with Crippen LogP contribution < -0.4 is 32.9 Å². The lowest BCUT2D eigenvalue weighted by Crippen LogP contribution is -3.00. The Labute approximate surface area is 256 Å². The molecule has 0 aromatic heterocycles. The molecule has 5 rings (SSSR count). The van der Waals surface area contributed by atoms with E-state index in [2.05, 4.69) is 91.0 Å². The fourth-order valence-corrected chi connectivity index (χ4v) is 10.4. The van der Waals surface area contributed by atoms with Crippen LogP contribution >= 0.6 is 7.26 Å². The van der Waals surface area contributed by atoms with Crippen molar-refractivity contribution in [1.82, 2.24) is 4.90 Å². The summed E-state index contributed by atoms with van der Waals surface area (Å²) in [6.45, 7) is 0.524. The third-order valence-electron chi connectivity index (χ3n) is 8.09. The zero-order valence-corrected chi connectivity index (χ0v) is 26.1. The largest absolute Gasteiger partial charge is 1.00 e. The number of nitrogens with zero attached hydrogens (tertiary/aromatic N) is 1. The molecule has 4 aromatic carbocycles. The van der Waals surface area contributed by atoms with Crippen molar-refractivity contribution < 1.29 is 26.6 Å². The average Bonchev–Trinajstić information content (AvgIpc) is 3.26. The minimum atomic E-state index is -1.73. The van der Waals surface area contributed by atoms with Crippen LogP contribution in [0.25, 0.3) is 0 Å². The second-order valence-corrected chi connectivity index (χ2v) is 14.3. The Morgan fingerprint density at radius 1 is 0.439 bits per heavy atom. The first-order valence-corrected chi connectivity index (χ1v) is 16.7. The summed E-state index contributed by atoms with van der Waals surface area (Å²) < 4.78 is 0. The van der Waals surface area contributed by atoms with Gasteiger partial charge in [0.05, 0.1) is 17.3 Å². The van der Waals surface area contributed by atoms with E-state index in [1.54, 1.807) is 12.1 Å². The Bertz CT molecular complexity index is 1260. The lowest BCUT2D eigenvalue weighted by Gasteiger charge is -2.27. The van der Waals surface area contributed by atoms with Gasteiger partial charge in [0.15, 0.2) is 0 Å². The smallest absolute Gasteiger partial charge is 0.261 e. The van der Waals surface area contributed by atoms with Crippen LogP contribution in [0.1, 0.15) is 72.1 Å². The number of amides is 2. The lowest BCUT2D eigenvalue weighted by molar-refractivity contribution is -0.0000312. The molecule has 0 fully saturated rings. The van der Waals surface area contributed by atoms with E-state index in [0.717, 1.165) is 19.3 Å².